The van der Waals surface area contributed by atoms with Crippen LogP contribution in [0.4, 0.5) is 4.39 Å². The van der Waals surface area contributed by atoms with Gasteiger partial charge in [-0.25, -0.2) is 13.9 Å². The highest BCUT2D eigenvalue weighted by molar-refractivity contribution is 6.34. The lowest BCUT2D eigenvalue weighted by atomic mass is 9.92. The Labute approximate surface area is 109 Å². The molecular formula is C11H12Cl2FN3. The SMILES string of the molecule is CC(c1cc(Cl)c2cnc(Cl)nn12)C(C)(C)F. The lowest BCUT2D eigenvalue weighted by Gasteiger charge is -2.22. The molecule has 0 aliphatic carbocycles. The van der Waals surface area contributed by atoms with Crippen molar-refractivity contribution in [3.05, 3.63) is 28.3 Å². The predicted octanol–water partition coefficient (Wildman–Crippen LogP) is 3.89. The van der Waals surface area contributed by atoms with Gasteiger partial charge in [0.1, 0.15) is 11.2 Å². The summed E-state index contributed by atoms with van der Waals surface area (Å²) in [6.07, 6.45) is 1.53. The van der Waals surface area contributed by atoms with Crippen LogP contribution in [0.5, 0.6) is 0 Å². The van der Waals surface area contributed by atoms with Crippen LogP contribution in [0.15, 0.2) is 12.3 Å². The zero-order chi connectivity index (χ0) is 12.8. The van der Waals surface area contributed by atoms with Gasteiger partial charge in [-0.3, -0.25) is 0 Å². The molecule has 0 saturated carbocycles. The summed E-state index contributed by atoms with van der Waals surface area (Å²) in [4.78, 5) is 3.86. The third-order valence-corrected chi connectivity index (χ3v) is 3.42. The predicted molar refractivity (Wildman–Crippen MR) is 66.6 cm³/mol. The Kier molecular flexibility index (Phi) is 3.04. The van der Waals surface area contributed by atoms with Crippen LogP contribution in [0.25, 0.3) is 5.52 Å². The van der Waals surface area contributed by atoms with E-state index in [1.54, 1.807) is 17.5 Å². The van der Waals surface area contributed by atoms with Crippen LogP contribution < -0.4 is 0 Å². The summed E-state index contributed by atoms with van der Waals surface area (Å²) in [5.41, 5.74) is -0.0568. The van der Waals surface area contributed by atoms with Crippen molar-refractivity contribution >= 4 is 28.7 Å². The highest BCUT2D eigenvalue weighted by Gasteiger charge is 2.29. The van der Waals surface area contributed by atoms with Gasteiger partial charge in [0.15, 0.2) is 0 Å². The van der Waals surface area contributed by atoms with Gasteiger partial charge in [0.25, 0.3) is 0 Å². The first-order chi connectivity index (χ1) is 7.80. The zero-order valence-electron chi connectivity index (χ0n) is 9.71. The molecule has 0 aromatic carbocycles. The van der Waals surface area contributed by atoms with Crippen LogP contribution in [-0.2, 0) is 0 Å². The number of alkyl halides is 1. The van der Waals surface area contributed by atoms with E-state index in [2.05, 4.69) is 10.1 Å². The van der Waals surface area contributed by atoms with Gasteiger partial charge < -0.3 is 0 Å². The van der Waals surface area contributed by atoms with Gasteiger partial charge >= 0.3 is 0 Å². The van der Waals surface area contributed by atoms with Crippen molar-refractivity contribution in [2.24, 2.45) is 0 Å². The molecule has 0 spiro atoms. The highest BCUT2D eigenvalue weighted by atomic mass is 35.5. The molecule has 0 bridgehead atoms. The molecule has 0 amide bonds. The minimum absolute atomic E-state index is 0.106. The van der Waals surface area contributed by atoms with Crippen molar-refractivity contribution in [1.82, 2.24) is 14.6 Å². The molecule has 6 heteroatoms. The quantitative estimate of drug-likeness (QED) is 0.833. The first-order valence-electron chi connectivity index (χ1n) is 5.19. The van der Waals surface area contributed by atoms with Gasteiger partial charge in [0.2, 0.25) is 5.28 Å². The van der Waals surface area contributed by atoms with E-state index in [9.17, 15) is 4.39 Å². The van der Waals surface area contributed by atoms with Crippen molar-refractivity contribution in [2.45, 2.75) is 32.4 Å². The number of nitrogens with zero attached hydrogens (tertiary/aromatic N) is 3. The van der Waals surface area contributed by atoms with Gasteiger partial charge in [0, 0.05) is 5.92 Å². The smallest absolute Gasteiger partial charge is 0.241 e. The van der Waals surface area contributed by atoms with E-state index in [1.807, 2.05) is 0 Å². The molecule has 0 aliphatic heterocycles. The summed E-state index contributed by atoms with van der Waals surface area (Å²) in [6, 6.07) is 1.70. The topological polar surface area (TPSA) is 30.2 Å². The standard InChI is InChI=1S/C11H12Cl2FN3/c1-6(11(2,3)14)8-4-7(12)9-5-15-10(13)16-17(8)9/h4-6H,1-3H3. The summed E-state index contributed by atoms with van der Waals surface area (Å²) < 4.78 is 15.5. The molecule has 17 heavy (non-hydrogen) atoms. The van der Waals surface area contributed by atoms with Gasteiger partial charge in [0.05, 0.1) is 16.9 Å². The number of hydrogen-bond donors (Lipinski definition) is 0. The lowest BCUT2D eigenvalue weighted by molar-refractivity contribution is 0.177. The second-order valence-corrected chi connectivity index (χ2v) is 5.27. The number of hydrogen-bond acceptors (Lipinski definition) is 2. The van der Waals surface area contributed by atoms with Gasteiger partial charge in [-0.2, -0.15) is 0 Å². The van der Waals surface area contributed by atoms with Crippen molar-refractivity contribution < 1.29 is 4.39 Å². The Morgan fingerprint density at radius 1 is 1.41 bits per heavy atom. The fourth-order valence-corrected chi connectivity index (χ4v) is 1.98. The fraction of sp³-hybridized carbons (Fsp3) is 0.455. The van der Waals surface area contributed by atoms with E-state index in [0.717, 1.165) is 0 Å². The fourth-order valence-electron chi connectivity index (χ4n) is 1.62. The Morgan fingerprint density at radius 2 is 2.06 bits per heavy atom. The Bertz CT molecular complexity index is 560. The third-order valence-electron chi connectivity index (χ3n) is 2.94. The van der Waals surface area contributed by atoms with Crippen molar-refractivity contribution in [1.29, 1.82) is 0 Å². The maximum Gasteiger partial charge on any atom is 0.241 e. The van der Waals surface area contributed by atoms with Crippen molar-refractivity contribution in [3.63, 3.8) is 0 Å². The van der Waals surface area contributed by atoms with Gasteiger partial charge in [-0.15, -0.1) is 5.10 Å². The summed E-state index contributed by atoms with van der Waals surface area (Å²) in [7, 11) is 0. The summed E-state index contributed by atoms with van der Waals surface area (Å²) in [6.45, 7) is 4.83. The molecule has 0 N–H and O–H groups in total. The molecule has 0 saturated heterocycles. The minimum atomic E-state index is -1.37. The van der Waals surface area contributed by atoms with E-state index >= 15 is 0 Å². The number of halogens is 3. The summed E-state index contributed by atoms with van der Waals surface area (Å²) >= 11 is 11.8. The van der Waals surface area contributed by atoms with Crippen LogP contribution in [-0.4, -0.2) is 20.3 Å². The Morgan fingerprint density at radius 3 is 2.65 bits per heavy atom. The summed E-state index contributed by atoms with van der Waals surface area (Å²) in [5, 5.41) is 4.65. The average molecular weight is 276 g/mol. The molecule has 3 nitrogen and oxygen atoms in total. The average Bonchev–Trinajstić information content (AvgIpc) is 2.53. The molecule has 0 radical (unpaired) electrons. The summed E-state index contributed by atoms with van der Waals surface area (Å²) in [5.74, 6) is -0.353. The van der Waals surface area contributed by atoms with Crippen LogP contribution in [0.3, 0.4) is 0 Å². The van der Waals surface area contributed by atoms with Crippen LogP contribution in [0.2, 0.25) is 10.3 Å². The van der Waals surface area contributed by atoms with E-state index in [-0.39, 0.29) is 11.2 Å². The highest BCUT2D eigenvalue weighted by Crippen LogP contribution is 2.34. The Hall–Kier alpha value is -0.870. The first kappa shape index (κ1) is 12.6. The molecule has 1 unspecified atom stereocenters. The maximum absolute atomic E-state index is 14.0. The monoisotopic (exact) mass is 275 g/mol. The molecule has 2 rings (SSSR count). The normalized spacial score (nSPS) is 14.2. The van der Waals surface area contributed by atoms with E-state index in [0.29, 0.717) is 16.2 Å². The minimum Gasteiger partial charge on any atom is -0.244 e. The zero-order valence-corrected chi connectivity index (χ0v) is 11.2. The molecule has 2 heterocycles. The van der Waals surface area contributed by atoms with Gasteiger partial charge in [-0.05, 0) is 31.5 Å². The number of fused-ring (bicyclic) bond motifs is 1. The molecule has 2 aromatic heterocycles. The second-order valence-electron chi connectivity index (χ2n) is 4.53. The second kappa shape index (κ2) is 4.10. The molecular weight excluding hydrogens is 264 g/mol. The molecule has 92 valence electrons. The number of aromatic nitrogens is 3. The maximum atomic E-state index is 14.0. The van der Waals surface area contributed by atoms with Crippen LogP contribution in [0, 0.1) is 0 Å². The molecule has 0 aliphatic rings. The molecule has 0 fully saturated rings. The van der Waals surface area contributed by atoms with Crippen LogP contribution >= 0.6 is 23.2 Å². The lowest BCUT2D eigenvalue weighted by Crippen LogP contribution is -2.22. The molecule has 2 aromatic rings. The van der Waals surface area contributed by atoms with Gasteiger partial charge in [-0.1, -0.05) is 18.5 Å². The third kappa shape index (κ3) is 2.24. The largest absolute Gasteiger partial charge is 0.244 e. The van der Waals surface area contributed by atoms with E-state index in [1.165, 1.54) is 20.0 Å². The van der Waals surface area contributed by atoms with Crippen molar-refractivity contribution in [3.8, 4) is 0 Å². The molecule has 1 atom stereocenters. The number of rotatable bonds is 2. The van der Waals surface area contributed by atoms with E-state index < -0.39 is 5.67 Å². The van der Waals surface area contributed by atoms with E-state index in [4.69, 9.17) is 23.2 Å². The van der Waals surface area contributed by atoms with Crippen LogP contribution in [0.1, 0.15) is 32.4 Å². The Balaban J connectivity index is 2.66. The van der Waals surface area contributed by atoms with Crippen molar-refractivity contribution in [2.75, 3.05) is 0 Å². The first-order valence-corrected chi connectivity index (χ1v) is 5.95.